The maximum absolute atomic E-state index is 11.9. The van der Waals surface area contributed by atoms with E-state index in [2.05, 4.69) is 15.5 Å². The number of rotatable bonds is 5. The zero-order valence-corrected chi connectivity index (χ0v) is 11.4. The molecule has 1 aliphatic heterocycles. The molecule has 0 aliphatic carbocycles. The van der Waals surface area contributed by atoms with Crippen molar-refractivity contribution in [2.24, 2.45) is 5.73 Å². The van der Waals surface area contributed by atoms with E-state index in [0.29, 0.717) is 31.3 Å². The number of hydrogen-bond donors (Lipinski definition) is 2. The Balaban J connectivity index is 1.95. The highest BCUT2D eigenvalue weighted by molar-refractivity contribution is 7.99. The van der Waals surface area contributed by atoms with Crippen LogP contribution in [0.2, 0.25) is 0 Å². The van der Waals surface area contributed by atoms with Crippen molar-refractivity contribution in [3.05, 3.63) is 5.82 Å². The zero-order chi connectivity index (χ0) is 13.8. The third kappa shape index (κ3) is 3.04. The Bertz CT molecular complexity index is 488. The molecule has 0 atom stereocenters. The Labute approximate surface area is 114 Å². The highest BCUT2D eigenvalue weighted by Crippen LogP contribution is 2.17. The smallest absolute Gasteiger partial charge is 0.324 e. The van der Waals surface area contributed by atoms with Crippen LogP contribution >= 0.6 is 11.8 Å². The van der Waals surface area contributed by atoms with Gasteiger partial charge in [-0.15, -0.1) is 10.2 Å². The monoisotopic (exact) mass is 284 g/mol. The molecule has 0 unspecified atom stereocenters. The Kier molecular flexibility index (Phi) is 4.38. The molecule has 104 valence electrons. The molecular formula is C10H16N6O2S. The van der Waals surface area contributed by atoms with Crippen LogP contribution in [-0.2, 0) is 11.3 Å². The van der Waals surface area contributed by atoms with Gasteiger partial charge in [0.25, 0.3) is 0 Å². The van der Waals surface area contributed by atoms with Crippen LogP contribution in [0.1, 0.15) is 5.82 Å². The van der Waals surface area contributed by atoms with Gasteiger partial charge >= 0.3 is 6.03 Å². The number of nitrogens with one attached hydrogen (secondary N) is 1. The largest absolute Gasteiger partial charge is 0.336 e. The number of hydrogen-bond acceptors (Lipinski definition) is 6. The maximum atomic E-state index is 11.9. The quantitative estimate of drug-likeness (QED) is 0.685. The molecule has 1 aliphatic rings. The zero-order valence-electron chi connectivity index (χ0n) is 10.6. The number of thioether (sulfide) groups is 1. The molecule has 8 nitrogen and oxygen atoms in total. The second-order valence-electron chi connectivity index (χ2n) is 4.04. The summed E-state index contributed by atoms with van der Waals surface area (Å²) >= 11 is 1.27. The Hall–Kier alpha value is -1.61. The van der Waals surface area contributed by atoms with E-state index in [1.807, 2.05) is 11.5 Å². The van der Waals surface area contributed by atoms with Crippen molar-refractivity contribution in [1.29, 1.82) is 0 Å². The number of urea groups is 1. The summed E-state index contributed by atoms with van der Waals surface area (Å²) in [6.07, 6.45) is 0. The minimum absolute atomic E-state index is 0.163. The van der Waals surface area contributed by atoms with Gasteiger partial charge in [0.1, 0.15) is 5.82 Å². The van der Waals surface area contributed by atoms with Gasteiger partial charge in [-0.3, -0.25) is 9.69 Å². The average Bonchev–Trinajstić information content (AvgIpc) is 2.95. The standard InChI is InChI=1S/C10H16N6O2S/c1-7-13-14-10(15(7)4-2-11)19-6-8(17)16-5-3-12-9(16)18/h2-6,11H2,1H3,(H,12,18). The number of carbonyl (C=O) groups excluding carboxylic acids is 2. The van der Waals surface area contributed by atoms with Crippen LogP contribution < -0.4 is 11.1 Å². The van der Waals surface area contributed by atoms with E-state index in [1.54, 1.807) is 0 Å². The first-order valence-corrected chi connectivity index (χ1v) is 6.93. The highest BCUT2D eigenvalue weighted by Gasteiger charge is 2.26. The minimum atomic E-state index is -0.329. The molecule has 0 saturated carbocycles. The molecule has 1 fully saturated rings. The van der Waals surface area contributed by atoms with Crippen molar-refractivity contribution < 1.29 is 9.59 Å². The van der Waals surface area contributed by atoms with E-state index in [0.717, 1.165) is 5.82 Å². The summed E-state index contributed by atoms with van der Waals surface area (Å²) in [5.41, 5.74) is 5.52. The van der Waals surface area contributed by atoms with Crippen LogP contribution in [0.25, 0.3) is 0 Å². The molecule has 2 heterocycles. The number of imide groups is 1. The lowest BCUT2D eigenvalue weighted by Crippen LogP contribution is -2.35. The maximum Gasteiger partial charge on any atom is 0.324 e. The van der Waals surface area contributed by atoms with Crippen LogP contribution in [0, 0.1) is 6.92 Å². The molecule has 1 saturated heterocycles. The van der Waals surface area contributed by atoms with Gasteiger partial charge in [-0.25, -0.2) is 4.79 Å². The molecule has 0 aromatic carbocycles. The van der Waals surface area contributed by atoms with Gasteiger partial charge in [0.05, 0.1) is 5.75 Å². The average molecular weight is 284 g/mol. The van der Waals surface area contributed by atoms with Crippen LogP contribution in [0.3, 0.4) is 0 Å². The molecule has 3 amide bonds. The first kappa shape index (κ1) is 13.8. The summed E-state index contributed by atoms with van der Waals surface area (Å²) in [7, 11) is 0. The van der Waals surface area contributed by atoms with Crippen molar-refractivity contribution in [1.82, 2.24) is 25.0 Å². The molecule has 19 heavy (non-hydrogen) atoms. The van der Waals surface area contributed by atoms with Gasteiger partial charge in [0, 0.05) is 26.2 Å². The van der Waals surface area contributed by atoms with Gasteiger partial charge in [-0.05, 0) is 6.92 Å². The van der Waals surface area contributed by atoms with Crippen molar-refractivity contribution >= 4 is 23.7 Å². The summed E-state index contributed by atoms with van der Waals surface area (Å²) in [5, 5.41) is 11.2. The Morgan fingerprint density at radius 2 is 2.32 bits per heavy atom. The fourth-order valence-corrected chi connectivity index (χ4v) is 2.65. The summed E-state index contributed by atoms with van der Waals surface area (Å²) < 4.78 is 1.86. The van der Waals surface area contributed by atoms with E-state index >= 15 is 0 Å². The highest BCUT2D eigenvalue weighted by atomic mass is 32.2. The van der Waals surface area contributed by atoms with E-state index in [1.165, 1.54) is 16.7 Å². The van der Waals surface area contributed by atoms with Gasteiger partial charge in [0.15, 0.2) is 5.16 Å². The summed E-state index contributed by atoms with van der Waals surface area (Å²) in [6.45, 7) is 3.86. The lowest BCUT2D eigenvalue weighted by Gasteiger charge is -2.11. The summed E-state index contributed by atoms with van der Waals surface area (Å²) in [4.78, 5) is 24.4. The fraction of sp³-hybridized carbons (Fsp3) is 0.600. The van der Waals surface area contributed by atoms with Crippen molar-refractivity contribution in [3.8, 4) is 0 Å². The van der Waals surface area contributed by atoms with Gasteiger partial charge in [-0.2, -0.15) is 0 Å². The Morgan fingerprint density at radius 3 is 2.95 bits per heavy atom. The van der Waals surface area contributed by atoms with Gasteiger partial charge < -0.3 is 15.6 Å². The number of carbonyl (C=O) groups is 2. The molecule has 9 heteroatoms. The van der Waals surface area contributed by atoms with Gasteiger partial charge in [0.2, 0.25) is 5.91 Å². The number of aryl methyl sites for hydroxylation is 1. The molecule has 1 aromatic heterocycles. The lowest BCUT2D eigenvalue weighted by atomic mass is 10.5. The molecule has 0 radical (unpaired) electrons. The minimum Gasteiger partial charge on any atom is -0.336 e. The molecule has 2 rings (SSSR count). The van der Waals surface area contributed by atoms with Crippen LogP contribution in [0.5, 0.6) is 0 Å². The van der Waals surface area contributed by atoms with Crippen molar-refractivity contribution in [2.45, 2.75) is 18.6 Å². The molecule has 0 spiro atoms. The van der Waals surface area contributed by atoms with Crippen molar-refractivity contribution in [3.63, 3.8) is 0 Å². The van der Waals surface area contributed by atoms with E-state index in [9.17, 15) is 9.59 Å². The van der Waals surface area contributed by atoms with Crippen molar-refractivity contribution in [2.75, 3.05) is 25.4 Å². The second kappa shape index (κ2) is 6.02. The molecular weight excluding hydrogens is 268 g/mol. The first-order chi connectivity index (χ1) is 9.13. The SMILES string of the molecule is Cc1nnc(SCC(=O)N2CCNC2=O)n1CCN. The lowest BCUT2D eigenvalue weighted by molar-refractivity contribution is -0.124. The predicted octanol–water partition coefficient (Wildman–Crippen LogP) is -0.811. The third-order valence-corrected chi connectivity index (χ3v) is 3.69. The topological polar surface area (TPSA) is 106 Å². The van der Waals surface area contributed by atoms with Crippen LogP contribution in [0.15, 0.2) is 5.16 Å². The molecule has 1 aromatic rings. The predicted molar refractivity (Wildman–Crippen MR) is 69.6 cm³/mol. The second-order valence-corrected chi connectivity index (χ2v) is 4.98. The number of aromatic nitrogens is 3. The van der Waals surface area contributed by atoms with Crippen LogP contribution in [-0.4, -0.2) is 57.0 Å². The fourth-order valence-electron chi connectivity index (χ4n) is 1.77. The van der Waals surface area contributed by atoms with E-state index < -0.39 is 0 Å². The van der Waals surface area contributed by atoms with E-state index in [4.69, 9.17) is 5.73 Å². The summed E-state index contributed by atoms with van der Waals surface area (Å²) in [5.74, 6) is 0.704. The summed E-state index contributed by atoms with van der Waals surface area (Å²) in [6, 6.07) is -0.329. The van der Waals surface area contributed by atoms with Gasteiger partial charge in [-0.1, -0.05) is 11.8 Å². The molecule has 0 bridgehead atoms. The number of nitrogens with two attached hydrogens (primary N) is 1. The number of amides is 3. The third-order valence-electron chi connectivity index (χ3n) is 2.74. The first-order valence-electron chi connectivity index (χ1n) is 5.94. The van der Waals surface area contributed by atoms with Crippen LogP contribution in [0.4, 0.5) is 4.79 Å². The Morgan fingerprint density at radius 1 is 1.53 bits per heavy atom. The normalized spacial score (nSPS) is 14.8. The van der Waals surface area contributed by atoms with E-state index in [-0.39, 0.29) is 17.7 Å². The molecule has 3 N–H and O–H groups in total. The number of nitrogens with zero attached hydrogens (tertiary/aromatic N) is 4.